The second kappa shape index (κ2) is 14.4. The molecule has 0 aliphatic rings. The smallest absolute Gasteiger partial charge is 0.408 e. The molecule has 0 radical (unpaired) electrons. The van der Waals surface area contributed by atoms with Crippen LogP contribution >= 0.6 is 11.8 Å². The average molecular weight is 385 g/mol. The van der Waals surface area contributed by atoms with E-state index in [0.29, 0.717) is 32.0 Å². The average Bonchev–Trinajstić information content (AvgIpc) is 2.64. The summed E-state index contributed by atoms with van der Waals surface area (Å²) < 4.78 is 15.3. The first kappa shape index (κ1) is 22.3. The van der Waals surface area contributed by atoms with E-state index in [0.717, 1.165) is 17.7 Å². The van der Waals surface area contributed by atoms with Crippen molar-refractivity contribution in [2.75, 3.05) is 38.4 Å². The first-order chi connectivity index (χ1) is 12.6. The quantitative estimate of drug-likeness (QED) is 0.475. The van der Waals surface area contributed by atoms with E-state index >= 15 is 0 Å². The summed E-state index contributed by atoms with van der Waals surface area (Å²) in [5.74, 6) is 0.441. The molecule has 8 heteroatoms. The van der Waals surface area contributed by atoms with Crippen molar-refractivity contribution in [3.8, 4) is 0 Å². The van der Waals surface area contributed by atoms with Crippen LogP contribution < -0.4 is 5.32 Å². The third-order valence-corrected chi connectivity index (χ3v) is 4.46. The van der Waals surface area contributed by atoms with Gasteiger partial charge in [-0.3, -0.25) is 0 Å². The molecule has 146 valence electrons. The van der Waals surface area contributed by atoms with Gasteiger partial charge >= 0.3 is 12.1 Å². The van der Waals surface area contributed by atoms with E-state index in [9.17, 15) is 14.7 Å². The van der Waals surface area contributed by atoms with Gasteiger partial charge in [0.25, 0.3) is 0 Å². The Hall–Kier alpha value is -1.77. The van der Waals surface area contributed by atoms with E-state index in [1.807, 2.05) is 30.3 Å². The number of ether oxygens (including phenoxy) is 3. The van der Waals surface area contributed by atoms with E-state index in [1.54, 1.807) is 18.9 Å². The molecule has 0 aliphatic heterocycles. The molecule has 1 atom stereocenters. The molecule has 26 heavy (non-hydrogen) atoms. The number of thioether (sulfide) groups is 1. The van der Waals surface area contributed by atoms with Crippen molar-refractivity contribution in [3.63, 3.8) is 0 Å². The predicted octanol–water partition coefficient (Wildman–Crippen LogP) is 2.54. The maximum Gasteiger partial charge on any atom is 0.408 e. The molecule has 1 unspecified atom stereocenters. The number of carbonyl (C=O) groups excluding carboxylic acids is 1. The SMILES string of the molecule is COCCOCCCSCCC(NC(=O)OCc1ccccc1)C(=O)O. The number of carbonyl (C=O) groups is 2. The minimum atomic E-state index is -1.06. The van der Waals surface area contributed by atoms with Crippen LogP contribution in [0.3, 0.4) is 0 Å². The molecule has 0 heterocycles. The summed E-state index contributed by atoms with van der Waals surface area (Å²) in [6.07, 6.45) is 0.502. The first-order valence-electron chi connectivity index (χ1n) is 8.48. The molecule has 0 saturated heterocycles. The lowest BCUT2D eigenvalue weighted by atomic mass is 10.2. The normalized spacial score (nSPS) is 11.7. The van der Waals surface area contributed by atoms with Gasteiger partial charge in [0.05, 0.1) is 13.2 Å². The Labute approximate surface area is 158 Å². The minimum absolute atomic E-state index is 0.108. The van der Waals surface area contributed by atoms with Crippen LogP contribution in [0, 0.1) is 0 Å². The topological polar surface area (TPSA) is 94.1 Å². The van der Waals surface area contributed by atoms with Gasteiger partial charge in [-0.15, -0.1) is 0 Å². The molecule has 0 fully saturated rings. The standard InChI is InChI=1S/C18H27NO6S/c1-23-10-11-24-9-5-12-26-13-8-16(17(20)21)19-18(22)25-14-15-6-3-2-4-7-15/h2-4,6-7,16H,5,8-14H2,1H3,(H,19,22)(H,20,21). The Morgan fingerprint density at radius 2 is 1.92 bits per heavy atom. The van der Waals surface area contributed by atoms with Crippen molar-refractivity contribution in [2.45, 2.75) is 25.5 Å². The van der Waals surface area contributed by atoms with E-state index in [4.69, 9.17) is 14.2 Å². The Morgan fingerprint density at radius 3 is 2.62 bits per heavy atom. The lowest BCUT2D eigenvalue weighted by molar-refractivity contribution is -0.139. The number of carboxylic acids is 1. The minimum Gasteiger partial charge on any atom is -0.480 e. The molecule has 0 saturated carbocycles. The van der Waals surface area contributed by atoms with Crippen molar-refractivity contribution in [2.24, 2.45) is 0 Å². The number of rotatable bonds is 14. The van der Waals surface area contributed by atoms with E-state index in [1.165, 1.54) is 0 Å². The summed E-state index contributed by atoms with van der Waals surface area (Å²) in [5.41, 5.74) is 0.845. The van der Waals surface area contributed by atoms with Crippen LogP contribution in [0.4, 0.5) is 4.79 Å². The lowest BCUT2D eigenvalue weighted by Gasteiger charge is -2.14. The van der Waals surface area contributed by atoms with E-state index < -0.39 is 18.1 Å². The first-order valence-corrected chi connectivity index (χ1v) is 9.63. The van der Waals surface area contributed by atoms with Crippen molar-refractivity contribution < 1.29 is 28.9 Å². The third kappa shape index (κ3) is 11.0. The number of aliphatic carboxylic acids is 1. The van der Waals surface area contributed by atoms with Gasteiger partial charge in [0.15, 0.2) is 0 Å². The molecule has 0 bridgehead atoms. The molecule has 1 aromatic rings. The maximum absolute atomic E-state index is 11.8. The largest absolute Gasteiger partial charge is 0.480 e. The molecule has 7 nitrogen and oxygen atoms in total. The number of hydrogen-bond donors (Lipinski definition) is 2. The number of carboxylic acid groups (broad SMARTS) is 1. The maximum atomic E-state index is 11.8. The second-order valence-electron chi connectivity index (χ2n) is 5.46. The molecule has 0 aliphatic carbocycles. The molecule has 2 N–H and O–H groups in total. The van der Waals surface area contributed by atoms with Gasteiger partial charge in [-0.05, 0) is 29.9 Å². The lowest BCUT2D eigenvalue weighted by Crippen LogP contribution is -2.41. The molecule has 0 spiro atoms. The van der Waals surface area contributed by atoms with Gasteiger partial charge in [-0.1, -0.05) is 30.3 Å². The van der Waals surface area contributed by atoms with Crippen molar-refractivity contribution in [3.05, 3.63) is 35.9 Å². The van der Waals surface area contributed by atoms with Gasteiger partial charge in [0.2, 0.25) is 0 Å². The van der Waals surface area contributed by atoms with Crippen LogP contribution in [0.5, 0.6) is 0 Å². The van der Waals surface area contributed by atoms with Crippen LogP contribution in [0.15, 0.2) is 30.3 Å². The summed E-state index contributed by atoms with van der Waals surface area (Å²) in [5, 5.41) is 11.6. The van der Waals surface area contributed by atoms with Crippen molar-refractivity contribution in [1.82, 2.24) is 5.32 Å². The second-order valence-corrected chi connectivity index (χ2v) is 6.68. The fourth-order valence-electron chi connectivity index (χ4n) is 1.98. The summed E-state index contributed by atoms with van der Waals surface area (Å²) in [7, 11) is 1.63. The monoisotopic (exact) mass is 385 g/mol. The van der Waals surface area contributed by atoms with Gasteiger partial charge in [0, 0.05) is 13.7 Å². The Morgan fingerprint density at radius 1 is 1.15 bits per heavy atom. The fraction of sp³-hybridized carbons (Fsp3) is 0.556. The number of methoxy groups -OCH3 is 1. The van der Waals surface area contributed by atoms with Crippen molar-refractivity contribution in [1.29, 1.82) is 0 Å². The van der Waals surface area contributed by atoms with Crippen LogP contribution in [-0.2, 0) is 25.6 Å². The van der Waals surface area contributed by atoms with E-state index in [2.05, 4.69) is 5.32 Å². The predicted molar refractivity (Wildman–Crippen MR) is 100 cm³/mol. The van der Waals surface area contributed by atoms with E-state index in [-0.39, 0.29) is 6.61 Å². The zero-order chi connectivity index (χ0) is 19.0. The number of amides is 1. The zero-order valence-electron chi connectivity index (χ0n) is 15.0. The Bertz CT molecular complexity index is 514. The number of hydrogen-bond acceptors (Lipinski definition) is 6. The van der Waals surface area contributed by atoms with Crippen LogP contribution in [-0.4, -0.2) is 61.6 Å². The summed E-state index contributed by atoms with van der Waals surface area (Å²) in [6, 6.07) is 8.26. The highest BCUT2D eigenvalue weighted by atomic mass is 32.2. The molecule has 0 aromatic heterocycles. The number of alkyl carbamates (subject to hydrolysis) is 1. The highest BCUT2D eigenvalue weighted by Gasteiger charge is 2.20. The van der Waals surface area contributed by atoms with Gasteiger partial charge in [0.1, 0.15) is 12.6 Å². The van der Waals surface area contributed by atoms with Crippen molar-refractivity contribution >= 4 is 23.8 Å². The summed E-state index contributed by atoms with van der Waals surface area (Å²) >= 11 is 1.63. The highest BCUT2D eigenvalue weighted by molar-refractivity contribution is 7.99. The molecule has 1 aromatic carbocycles. The van der Waals surface area contributed by atoms with Gasteiger partial charge < -0.3 is 24.6 Å². The van der Waals surface area contributed by atoms with Gasteiger partial charge in [-0.2, -0.15) is 11.8 Å². The zero-order valence-corrected chi connectivity index (χ0v) is 15.8. The fourth-order valence-corrected chi connectivity index (χ4v) is 2.90. The molecular formula is C18H27NO6S. The van der Waals surface area contributed by atoms with Crippen LogP contribution in [0.2, 0.25) is 0 Å². The molecule has 1 rings (SSSR count). The van der Waals surface area contributed by atoms with Gasteiger partial charge in [-0.25, -0.2) is 9.59 Å². The Kier molecular flexibility index (Phi) is 12.3. The number of benzene rings is 1. The summed E-state index contributed by atoms with van der Waals surface area (Å²) in [6.45, 7) is 1.93. The summed E-state index contributed by atoms with van der Waals surface area (Å²) in [4.78, 5) is 23.0. The van der Waals surface area contributed by atoms with Crippen LogP contribution in [0.25, 0.3) is 0 Å². The third-order valence-electron chi connectivity index (χ3n) is 3.36. The highest BCUT2D eigenvalue weighted by Crippen LogP contribution is 2.08. The molecule has 1 amide bonds. The molecular weight excluding hydrogens is 358 g/mol. The van der Waals surface area contributed by atoms with Crippen LogP contribution in [0.1, 0.15) is 18.4 Å². The number of nitrogens with one attached hydrogen (secondary N) is 1. The Balaban J connectivity index is 2.14.